The van der Waals surface area contributed by atoms with Gasteiger partial charge in [-0.1, -0.05) is 18.5 Å². The fourth-order valence-corrected chi connectivity index (χ4v) is 5.29. The Morgan fingerprint density at radius 2 is 1.93 bits per heavy atom. The Morgan fingerprint density at radius 1 is 1.28 bits per heavy atom. The molecule has 0 spiro atoms. The summed E-state index contributed by atoms with van der Waals surface area (Å²) < 4.78 is 39.8. The molecule has 3 nitrogen and oxygen atoms in total. The third kappa shape index (κ3) is 5.08. The molecule has 3 rings (SSSR count). The van der Waals surface area contributed by atoms with Crippen LogP contribution in [0.25, 0.3) is 0 Å². The first-order valence-electron chi connectivity index (χ1n) is 9.26. The molecule has 1 aliphatic rings. The predicted molar refractivity (Wildman–Crippen MR) is 109 cm³/mol. The highest BCUT2D eigenvalue weighted by atomic mass is 35.5. The number of benzene rings is 2. The highest BCUT2D eigenvalue weighted by molar-refractivity contribution is 8.00. The molecule has 156 valence electrons. The summed E-state index contributed by atoms with van der Waals surface area (Å²) in [4.78, 5) is 13.2. The van der Waals surface area contributed by atoms with Crippen LogP contribution in [0.2, 0.25) is 5.02 Å². The fraction of sp³-hybridized carbons (Fsp3) is 0.381. The van der Waals surface area contributed by atoms with E-state index in [4.69, 9.17) is 11.6 Å². The molecular weight excluding hydrogens is 423 g/mol. The third-order valence-corrected chi connectivity index (χ3v) is 7.20. The Bertz CT molecular complexity index is 902. The Labute approximate surface area is 176 Å². The molecule has 1 fully saturated rings. The van der Waals surface area contributed by atoms with E-state index in [9.17, 15) is 23.1 Å². The molecule has 0 heterocycles. The molecule has 2 aromatic rings. The van der Waals surface area contributed by atoms with Crippen molar-refractivity contribution in [2.24, 2.45) is 11.8 Å². The molecule has 4 unspecified atom stereocenters. The zero-order valence-corrected chi connectivity index (χ0v) is 17.5. The van der Waals surface area contributed by atoms with E-state index in [0.29, 0.717) is 23.3 Å². The van der Waals surface area contributed by atoms with E-state index in [1.165, 1.54) is 6.07 Å². The highest BCUT2D eigenvalue weighted by Gasteiger charge is 2.39. The first-order valence-corrected chi connectivity index (χ1v) is 10.5. The number of thioether (sulfide) groups is 1. The SMILES string of the molecule is CC(O)CC1CC(C)C1Sc1cc(C(=O)Nc2cc(F)c(F)c(F)c2)ccc1Cl. The lowest BCUT2D eigenvalue weighted by atomic mass is 9.73. The molecule has 0 saturated heterocycles. The van der Waals surface area contributed by atoms with Crippen molar-refractivity contribution in [3.8, 4) is 0 Å². The first-order chi connectivity index (χ1) is 13.7. The van der Waals surface area contributed by atoms with Crippen LogP contribution in [-0.4, -0.2) is 22.4 Å². The minimum Gasteiger partial charge on any atom is -0.393 e. The Kier molecular flexibility index (Phi) is 6.81. The smallest absolute Gasteiger partial charge is 0.255 e. The Hall–Kier alpha value is -1.70. The lowest BCUT2D eigenvalue weighted by Gasteiger charge is -2.43. The van der Waals surface area contributed by atoms with Crippen molar-refractivity contribution in [1.82, 2.24) is 0 Å². The van der Waals surface area contributed by atoms with E-state index in [1.807, 2.05) is 0 Å². The summed E-state index contributed by atoms with van der Waals surface area (Å²) >= 11 is 7.87. The second kappa shape index (κ2) is 8.98. The molecule has 0 radical (unpaired) electrons. The van der Waals surface area contributed by atoms with Gasteiger partial charge < -0.3 is 10.4 Å². The van der Waals surface area contributed by atoms with Crippen LogP contribution in [0, 0.1) is 29.3 Å². The van der Waals surface area contributed by atoms with E-state index < -0.39 is 23.4 Å². The second-order valence-corrected chi connectivity index (χ2v) is 9.12. The molecule has 1 saturated carbocycles. The van der Waals surface area contributed by atoms with Gasteiger partial charge in [0.25, 0.3) is 5.91 Å². The van der Waals surface area contributed by atoms with Crippen LogP contribution < -0.4 is 5.32 Å². The van der Waals surface area contributed by atoms with Crippen LogP contribution in [0.3, 0.4) is 0 Å². The maximum absolute atomic E-state index is 13.4. The summed E-state index contributed by atoms with van der Waals surface area (Å²) in [6.45, 7) is 3.90. The number of halogens is 4. The molecule has 2 N–H and O–H groups in total. The molecule has 0 aromatic heterocycles. The minimum absolute atomic E-state index is 0.180. The highest BCUT2D eigenvalue weighted by Crippen LogP contribution is 2.48. The normalized spacial score (nSPS) is 22.1. The van der Waals surface area contributed by atoms with Crippen molar-refractivity contribution in [2.75, 3.05) is 5.32 Å². The van der Waals surface area contributed by atoms with Crippen LogP contribution in [0.4, 0.5) is 18.9 Å². The maximum atomic E-state index is 13.4. The van der Waals surface area contributed by atoms with Gasteiger partial charge in [-0.15, -0.1) is 11.8 Å². The summed E-state index contributed by atoms with van der Waals surface area (Å²) in [5, 5.41) is 12.8. The largest absolute Gasteiger partial charge is 0.393 e. The molecule has 0 aliphatic heterocycles. The summed E-state index contributed by atoms with van der Waals surface area (Å²) in [6, 6.07) is 6.17. The summed E-state index contributed by atoms with van der Waals surface area (Å²) in [7, 11) is 0. The van der Waals surface area contributed by atoms with Crippen molar-refractivity contribution >= 4 is 35.0 Å². The van der Waals surface area contributed by atoms with Gasteiger partial charge in [0, 0.05) is 33.5 Å². The number of hydrogen-bond donors (Lipinski definition) is 2. The van der Waals surface area contributed by atoms with Crippen molar-refractivity contribution in [2.45, 2.75) is 42.9 Å². The van der Waals surface area contributed by atoms with Gasteiger partial charge in [0.15, 0.2) is 17.5 Å². The fourth-order valence-electron chi connectivity index (χ4n) is 3.61. The topological polar surface area (TPSA) is 49.3 Å². The van der Waals surface area contributed by atoms with Crippen molar-refractivity contribution in [1.29, 1.82) is 0 Å². The number of rotatable bonds is 6. The van der Waals surface area contributed by atoms with Gasteiger partial charge in [-0.2, -0.15) is 0 Å². The number of hydrogen-bond acceptors (Lipinski definition) is 3. The van der Waals surface area contributed by atoms with Crippen LogP contribution in [0.1, 0.15) is 37.0 Å². The average Bonchev–Trinajstić information content (AvgIpc) is 2.64. The second-order valence-electron chi connectivity index (χ2n) is 7.49. The van der Waals surface area contributed by atoms with E-state index in [1.54, 1.807) is 30.8 Å². The van der Waals surface area contributed by atoms with Crippen LogP contribution in [0.15, 0.2) is 35.2 Å². The number of aliphatic hydroxyl groups excluding tert-OH is 1. The van der Waals surface area contributed by atoms with Gasteiger partial charge in [-0.05, 0) is 49.8 Å². The number of amides is 1. The van der Waals surface area contributed by atoms with Gasteiger partial charge in [0.1, 0.15) is 0 Å². The predicted octanol–water partition coefficient (Wildman–Crippen LogP) is 5.90. The number of nitrogens with one attached hydrogen (secondary N) is 1. The summed E-state index contributed by atoms with van der Waals surface area (Å²) in [5.41, 5.74) is 0.0845. The zero-order chi connectivity index (χ0) is 21.3. The third-order valence-electron chi connectivity index (χ3n) is 5.04. The van der Waals surface area contributed by atoms with Crippen molar-refractivity contribution in [3.05, 3.63) is 58.4 Å². The van der Waals surface area contributed by atoms with Crippen LogP contribution >= 0.6 is 23.4 Å². The monoisotopic (exact) mass is 443 g/mol. The molecule has 0 bridgehead atoms. The van der Waals surface area contributed by atoms with E-state index in [-0.39, 0.29) is 22.6 Å². The quantitative estimate of drug-likeness (QED) is 0.547. The van der Waals surface area contributed by atoms with Crippen molar-refractivity contribution < 1.29 is 23.1 Å². The van der Waals surface area contributed by atoms with Gasteiger partial charge >= 0.3 is 0 Å². The summed E-state index contributed by atoms with van der Waals surface area (Å²) in [6.07, 6.45) is 1.36. The van der Waals surface area contributed by atoms with Gasteiger partial charge in [0.2, 0.25) is 0 Å². The number of anilines is 1. The van der Waals surface area contributed by atoms with Gasteiger partial charge in [-0.25, -0.2) is 13.2 Å². The standard InChI is InChI=1S/C21H21ClF3NO2S/c1-10-5-13(6-11(2)27)20(10)29-18-7-12(3-4-15(18)22)21(28)26-14-8-16(23)19(25)17(24)9-14/h3-4,7-11,13,20,27H,5-6H2,1-2H3,(H,26,28). The Balaban J connectivity index is 1.75. The zero-order valence-electron chi connectivity index (χ0n) is 15.9. The van der Waals surface area contributed by atoms with Crippen LogP contribution in [0.5, 0.6) is 0 Å². The van der Waals surface area contributed by atoms with Gasteiger partial charge in [-0.3, -0.25) is 4.79 Å². The molecule has 4 atom stereocenters. The number of aliphatic hydroxyl groups is 1. The molecule has 29 heavy (non-hydrogen) atoms. The molecule has 1 amide bonds. The molecule has 2 aromatic carbocycles. The lowest BCUT2D eigenvalue weighted by molar-refractivity contribution is 0.102. The minimum atomic E-state index is -1.59. The first kappa shape index (κ1) is 22.0. The van der Waals surface area contributed by atoms with E-state index in [0.717, 1.165) is 23.4 Å². The van der Waals surface area contributed by atoms with Crippen LogP contribution in [-0.2, 0) is 0 Å². The number of carbonyl (C=O) groups is 1. The average molecular weight is 444 g/mol. The maximum Gasteiger partial charge on any atom is 0.255 e. The lowest BCUT2D eigenvalue weighted by Crippen LogP contribution is -2.39. The molecular formula is C21H21ClF3NO2S. The molecule has 8 heteroatoms. The summed E-state index contributed by atoms with van der Waals surface area (Å²) in [5.74, 6) is -4.10. The van der Waals surface area contributed by atoms with Gasteiger partial charge in [0.05, 0.1) is 11.1 Å². The van der Waals surface area contributed by atoms with E-state index >= 15 is 0 Å². The molecule has 1 aliphatic carbocycles. The number of carbonyl (C=O) groups excluding carboxylic acids is 1. The Morgan fingerprint density at radius 3 is 2.52 bits per heavy atom. The van der Waals surface area contributed by atoms with Crippen molar-refractivity contribution in [3.63, 3.8) is 0 Å². The van der Waals surface area contributed by atoms with E-state index in [2.05, 4.69) is 12.2 Å².